The second kappa shape index (κ2) is 8.04. The third kappa shape index (κ3) is 3.95. The number of hydrogen-bond donors (Lipinski definition) is 0. The fraction of sp³-hybridized carbons (Fsp3) is 0.263. The van der Waals surface area contributed by atoms with E-state index in [1.165, 1.54) is 14.2 Å². The van der Waals surface area contributed by atoms with Crippen molar-refractivity contribution in [1.29, 1.82) is 0 Å². The maximum atomic E-state index is 12.5. The minimum absolute atomic E-state index is 0.163. The largest absolute Gasteiger partial charge is 0.496 e. The molecule has 0 saturated carbocycles. The van der Waals surface area contributed by atoms with E-state index in [2.05, 4.69) is 20.9 Å². The first-order valence-corrected chi connectivity index (χ1v) is 8.94. The van der Waals surface area contributed by atoms with Gasteiger partial charge in [0.2, 0.25) is 6.43 Å². The Bertz CT molecular complexity index is 963. The van der Waals surface area contributed by atoms with Gasteiger partial charge in [0.1, 0.15) is 23.4 Å². The first-order valence-electron chi connectivity index (χ1n) is 8.15. The van der Waals surface area contributed by atoms with Gasteiger partial charge in [0.05, 0.1) is 30.9 Å². The highest BCUT2D eigenvalue weighted by atomic mass is 79.9. The van der Waals surface area contributed by atoms with Gasteiger partial charge < -0.3 is 9.47 Å². The van der Waals surface area contributed by atoms with Crippen molar-refractivity contribution in [3.63, 3.8) is 0 Å². The molecule has 0 atom stereocenters. The van der Waals surface area contributed by atoms with Gasteiger partial charge in [-0.05, 0) is 18.2 Å². The van der Waals surface area contributed by atoms with Crippen LogP contribution in [0.3, 0.4) is 0 Å². The molecule has 0 aliphatic carbocycles. The monoisotopic (exact) mass is 438 g/mol. The third-order valence-electron chi connectivity index (χ3n) is 4.15. The molecule has 8 heteroatoms. The Morgan fingerprint density at radius 2 is 1.85 bits per heavy atom. The van der Waals surface area contributed by atoms with Crippen molar-refractivity contribution in [2.75, 3.05) is 14.2 Å². The van der Waals surface area contributed by atoms with E-state index in [0.29, 0.717) is 5.69 Å². The van der Waals surface area contributed by atoms with Gasteiger partial charge in [0, 0.05) is 29.4 Å². The number of benzene rings is 2. The molecule has 0 unspecified atom stereocenters. The van der Waals surface area contributed by atoms with E-state index in [1.54, 1.807) is 18.5 Å². The van der Waals surface area contributed by atoms with E-state index >= 15 is 0 Å². The molecule has 0 N–H and O–H groups in total. The summed E-state index contributed by atoms with van der Waals surface area (Å²) >= 11 is 3.41. The number of halogens is 3. The molecule has 1 aromatic heterocycles. The molecular formula is C19H17BrF2N2O3. The molecule has 0 aliphatic rings. The highest BCUT2D eigenvalue weighted by molar-refractivity contribution is 9.10. The van der Waals surface area contributed by atoms with Crippen molar-refractivity contribution in [3.8, 4) is 17.2 Å². The van der Waals surface area contributed by atoms with Gasteiger partial charge in [-0.3, -0.25) is 9.36 Å². The minimum atomic E-state index is -2.54. The lowest BCUT2D eigenvalue weighted by Crippen LogP contribution is -2.08. The standard InChI is InChI=1S/C19H17BrF2N2O3/c1-26-16-8-12(24-10-23-13-7-11(20)3-4-14(13)24)9-17(27-2)19(16)15(25)5-6-18(21)22/h3-4,7-10,18H,5-6H2,1-2H3. The Hall–Kier alpha value is -2.48. The Kier molecular flexibility index (Phi) is 5.74. The molecule has 0 fully saturated rings. The van der Waals surface area contributed by atoms with Crippen molar-refractivity contribution in [2.24, 2.45) is 0 Å². The number of aromatic nitrogens is 2. The number of carbonyl (C=O) groups excluding carboxylic acids is 1. The van der Waals surface area contributed by atoms with Crippen LogP contribution in [0.1, 0.15) is 23.2 Å². The quantitative estimate of drug-likeness (QED) is 0.485. The van der Waals surface area contributed by atoms with Crippen molar-refractivity contribution in [1.82, 2.24) is 9.55 Å². The van der Waals surface area contributed by atoms with Gasteiger partial charge in [-0.2, -0.15) is 0 Å². The summed E-state index contributed by atoms with van der Waals surface area (Å²) in [5, 5.41) is 0. The summed E-state index contributed by atoms with van der Waals surface area (Å²) in [4.78, 5) is 16.8. The smallest absolute Gasteiger partial charge is 0.239 e. The Labute approximate surface area is 163 Å². The molecule has 0 saturated heterocycles. The third-order valence-corrected chi connectivity index (χ3v) is 4.64. The molecule has 2 aromatic carbocycles. The van der Waals surface area contributed by atoms with E-state index in [-0.39, 0.29) is 23.5 Å². The predicted molar refractivity (Wildman–Crippen MR) is 101 cm³/mol. The molecule has 3 rings (SSSR count). The minimum Gasteiger partial charge on any atom is -0.496 e. The maximum absolute atomic E-state index is 12.5. The molecular weight excluding hydrogens is 422 g/mol. The SMILES string of the molecule is COc1cc(-n2cnc3cc(Br)ccc32)cc(OC)c1C(=O)CCC(F)F. The molecule has 3 aromatic rings. The first kappa shape index (κ1) is 19.3. The lowest BCUT2D eigenvalue weighted by Gasteiger charge is -2.15. The number of nitrogens with zero attached hydrogens (tertiary/aromatic N) is 2. The van der Waals surface area contributed by atoms with Gasteiger partial charge in [0.15, 0.2) is 5.78 Å². The number of methoxy groups -OCH3 is 2. The zero-order valence-electron chi connectivity index (χ0n) is 14.7. The molecule has 0 radical (unpaired) electrons. The lowest BCUT2D eigenvalue weighted by atomic mass is 10.0. The molecule has 0 aliphatic heterocycles. The van der Waals surface area contributed by atoms with Crippen LogP contribution in [0, 0.1) is 0 Å². The summed E-state index contributed by atoms with van der Waals surface area (Å²) in [5.41, 5.74) is 2.49. The second-order valence-corrected chi connectivity index (χ2v) is 6.74. The van der Waals surface area contributed by atoms with E-state index in [4.69, 9.17) is 9.47 Å². The number of ether oxygens (including phenoxy) is 2. The summed E-state index contributed by atoms with van der Waals surface area (Å²) in [5.74, 6) is 0.0834. The van der Waals surface area contributed by atoms with Crippen LogP contribution >= 0.6 is 15.9 Å². The van der Waals surface area contributed by atoms with Gasteiger partial charge >= 0.3 is 0 Å². The predicted octanol–water partition coefficient (Wildman–Crippen LogP) is 5.03. The summed E-state index contributed by atoms with van der Waals surface area (Å²) in [7, 11) is 2.84. The summed E-state index contributed by atoms with van der Waals surface area (Å²) in [6.07, 6.45) is -1.68. The van der Waals surface area contributed by atoms with Gasteiger partial charge in [-0.25, -0.2) is 13.8 Å². The molecule has 5 nitrogen and oxygen atoms in total. The van der Waals surface area contributed by atoms with E-state index in [1.807, 2.05) is 22.8 Å². The van der Waals surface area contributed by atoms with Gasteiger partial charge in [0.25, 0.3) is 0 Å². The zero-order valence-corrected chi connectivity index (χ0v) is 16.3. The van der Waals surface area contributed by atoms with Crippen molar-refractivity contribution in [2.45, 2.75) is 19.3 Å². The fourth-order valence-corrected chi connectivity index (χ4v) is 3.22. The molecule has 0 bridgehead atoms. The lowest BCUT2D eigenvalue weighted by molar-refractivity contribution is 0.0903. The Morgan fingerprint density at radius 3 is 2.44 bits per heavy atom. The summed E-state index contributed by atoms with van der Waals surface area (Å²) < 4.78 is 38.4. The number of ketones is 1. The van der Waals surface area contributed by atoms with Crippen LogP contribution in [0.4, 0.5) is 8.78 Å². The molecule has 142 valence electrons. The number of Topliss-reactive ketones (excluding diaryl/α,β-unsaturated/α-hetero) is 1. The van der Waals surface area contributed by atoms with E-state index in [9.17, 15) is 13.6 Å². The maximum Gasteiger partial charge on any atom is 0.239 e. The Morgan fingerprint density at radius 1 is 1.19 bits per heavy atom. The van der Waals surface area contributed by atoms with Crippen LogP contribution in [0.25, 0.3) is 16.7 Å². The highest BCUT2D eigenvalue weighted by Crippen LogP contribution is 2.35. The number of fused-ring (bicyclic) bond motifs is 1. The second-order valence-electron chi connectivity index (χ2n) is 5.83. The molecule has 1 heterocycles. The van der Waals surface area contributed by atoms with Crippen molar-refractivity contribution >= 4 is 32.7 Å². The average Bonchev–Trinajstić information content (AvgIpc) is 3.07. The summed E-state index contributed by atoms with van der Waals surface area (Å²) in [6.45, 7) is 0. The Balaban J connectivity index is 2.09. The number of hydrogen-bond acceptors (Lipinski definition) is 4. The first-order chi connectivity index (χ1) is 12.9. The van der Waals surface area contributed by atoms with Crippen LogP contribution in [0.5, 0.6) is 11.5 Å². The van der Waals surface area contributed by atoms with Crippen LogP contribution in [0.15, 0.2) is 41.1 Å². The summed E-state index contributed by atoms with van der Waals surface area (Å²) in [6, 6.07) is 9.04. The fourth-order valence-electron chi connectivity index (χ4n) is 2.87. The number of imidazole rings is 1. The van der Waals surface area contributed by atoms with E-state index in [0.717, 1.165) is 15.5 Å². The molecule has 0 amide bonds. The topological polar surface area (TPSA) is 53.4 Å². The number of carbonyl (C=O) groups is 1. The van der Waals surface area contributed by atoms with Crippen LogP contribution < -0.4 is 9.47 Å². The molecule has 27 heavy (non-hydrogen) atoms. The van der Waals surface area contributed by atoms with Crippen LogP contribution in [-0.2, 0) is 0 Å². The molecule has 0 spiro atoms. The van der Waals surface area contributed by atoms with Gasteiger partial charge in [-0.15, -0.1) is 0 Å². The average molecular weight is 439 g/mol. The van der Waals surface area contributed by atoms with Gasteiger partial charge in [-0.1, -0.05) is 15.9 Å². The van der Waals surface area contributed by atoms with Crippen molar-refractivity contribution < 1.29 is 23.0 Å². The normalized spacial score (nSPS) is 11.2. The van der Waals surface area contributed by atoms with Crippen LogP contribution in [-0.4, -0.2) is 36.0 Å². The zero-order chi connectivity index (χ0) is 19.6. The van der Waals surface area contributed by atoms with Crippen molar-refractivity contribution in [3.05, 3.63) is 46.7 Å². The van der Waals surface area contributed by atoms with Crippen LogP contribution in [0.2, 0.25) is 0 Å². The number of alkyl halides is 2. The van der Waals surface area contributed by atoms with E-state index < -0.39 is 18.6 Å². The highest BCUT2D eigenvalue weighted by Gasteiger charge is 2.22. The number of rotatable bonds is 7.